The number of rotatable bonds is 4. The lowest BCUT2D eigenvalue weighted by Gasteiger charge is -2.12. The van der Waals surface area contributed by atoms with E-state index in [1.165, 1.54) is 0 Å². The maximum absolute atomic E-state index is 10.1. The molecule has 1 atom stereocenters. The SMILES string of the molecule is CCC(O)C(=Nc1ccccc1)c1ccccc1. The molecule has 0 spiro atoms. The Labute approximate surface area is 108 Å². The molecular weight excluding hydrogens is 222 g/mol. The van der Waals surface area contributed by atoms with E-state index in [9.17, 15) is 5.11 Å². The predicted octanol–water partition coefficient (Wildman–Crippen LogP) is 3.58. The highest BCUT2D eigenvalue weighted by Crippen LogP contribution is 2.16. The largest absolute Gasteiger partial charge is 0.387 e. The van der Waals surface area contributed by atoms with E-state index in [4.69, 9.17) is 0 Å². The van der Waals surface area contributed by atoms with Crippen LogP contribution in [0.15, 0.2) is 65.7 Å². The van der Waals surface area contributed by atoms with Crippen molar-refractivity contribution in [1.82, 2.24) is 0 Å². The van der Waals surface area contributed by atoms with Gasteiger partial charge in [-0.3, -0.25) is 4.99 Å². The molecule has 0 radical (unpaired) electrons. The van der Waals surface area contributed by atoms with Gasteiger partial charge in [0, 0.05) is 0 Å². The maximum atomic E-state index is 10.1. The molecule has 0 amide bonds. The van der Waals surface area contributed by atoms with Crippen LogP contribution in [-0.4, -0.2) is 16.9 Å². The Morgan fingerprint density at radius 1 is 1.00 bits per heavy atom. The van der Waals surface area contributed by atoms with E-state index >= 15 is 0 Å². The lowest BCUT2D eigenvalue weighted by molar-refractivity contribution is 0.238. The second kappa shape index (κ2) is 6.12. The predicted molar refractivity (Wildman–Crippen MR) is 75.4 cm³/mol. The van der Waals surface area contributed by atoms with Gasteiger partial charge >= 0.3 is 0 Å². The van der Waals surface area contributed by atoms with Crippen molar-refractivity contribution in [2.75, 3.05) is 0 Å². The van der Waals surface area contributed by atoms with E-state index in [-0.39, 0.29) is 0 Å². The topological polar surface area (TPSA) is 32.6 Å². The molecule has 0 saturated heterocycles. The van der Waals surface area contributed by atoms with Crippen molar-refractivity contribution in [3.63, 3.8) is 0 Å². The first-order valence-electron chi connectivity index (χ1n) is 6.18. The molecule has 0 fully saturated rings. The summed E-state index contributed by atoms with van der Waals surface area (Å²) in [6, 6.07) is 19.5. The molecule has 2 rings (SSSR count). The van der Waals surface area contributed by atoms with Crippen LogP contribution in [0, 0.1) is 0 Å². The highest BCUT2D eigenvalue weighted by Gasteiger charge is 2.12. The van der Waals surface area contributed by atoms with Gasteiger partial charge in [0.2, 0.25) is 0 Å². The van der Waals surface area contributed by atoms with E-state index in [0.717, 1.165) is 17.0 Å². The van der Waals surface area contributed by atoms with Crippen LogP contribution in [0.5, 0.6) is 0 Å². The molecule has 1 N–H and O–H groups in total. The first kappa shape index (κ1) is 12.5. The zero-order chi connectivity index (χ0) is 12.8. The van der Waals surface area contributed by atoms with Crippen LogP contribution in [0.1, 0.15) is 18.9 Å². The minimum absolute atomic E-state index is 0.535. The Kier molecular flexibility index (Phi) is 4.26. The smallest absolute Gasteiger partial charge is 0.0963 e. The van der Waals surface area contributed by atoms with Crippen molar-refractivity contribution in [3.05, 3.63) is 66.2 Å². The van der Waals surface area contributed by atoms with Crippen LogP contribution in [-0.2, 0) is 0 Å². The van der Waals surface area contributed by atoms with Crippen molar-refractivity contribution in [3.8, 4) is 0 Å². The van der Waals surface area contributed by atoms with E-state index < -0.39 is 6.10 Å². The lowest BCUT2D eigenvalue weighted by Crippen LogP contribution is -2.20. The van der Waals surface area contributed by atoms with E-state index in [2.05, 4.69) is 4.99 Å². The van der Waals surface area contributed by atoms with Gasteiger partial charge < -0.3 is 5.11 Å². The van der Waals surface area contributed by atoms with Gasteiger partial charge in [-0.15, -0.1) is 0 Å². The van der Waals surface area contributed by atoms with Gasteiger partial charge in [0.25, 0.3) is 0 Å². The van der Waals surface area contributed by atoms with Gasteiger partial charge in [0.1, 0.15) is 0 Å². The van der Waals surface area contributed by atoms with Crippen molar-refractivity contribution < 1.29 is 5.11 Å². The van der Waals surface area contributed by atoms with Gasteiger partial charge in [-0.2, -0.15) is 0 Å². The molecule has 0 aliphatic carbocycles. The number of para-hydroxylation sites is 1. The summed E-state index contributed by atoms with van der Waals surface area (Å²) >= 11 is 0. The minimum Gasteiger partial charge on any atom is -0.387 e. The Balaban J connectivity index is 2.41. The van der Waals surface area contributed by atoms with Gasteiger partial charge in [-0.25, -0.2) is 0 Å². The summed E-state index contributed by atoms with van der Waals surface area (Å²) < 4.78 is 0. The molecule has 0 bridgehead atoms. The van der Waals surface area contributed by atoms with Crippen LogP contribution < -0.4 is 0 Å². The summed E-state index contributed by atoms with van der Waals surface area (Å²) in [5.41, 5.74) is 2.56. The van der Waals surface area contributed by atoms with Crippen LogP contribution in [0.4, 0.5) is 5.69 Å². The monoisotopic (exact) mass is 239 g/mol. The van der Waals surface area contributed by atoms with Crippen LogP contribution in [0.25, 0.3) is 0 Å². The van der Waals surface area contributed by atoms with E-state index in [0.29, 0.717) is 6.42 Å². The number of aliphatic imine (C=N–C) groups is 1. The van der Waals surface area contributed by atoms with Crippen molar-refractivity contribution in [2.45, 2.75) is 19.4 Å². The minimum atomic E-state index is -0.535. The second-order valence-electron chi connectivity index (χ2n) is 4.12. The molecule has 1 unspecified atom stereocenters. The van der Waals surface area contributed by atoms with Gasteiger partial charge in [0.15, 0.2) is 0 Å². The average molecular weight is 239 g/mol. The summed E-state index contributed by atoms with van der Waals surface area (Å²) in [7, 11) is 0. The first-order chi connectivity index (χ1) is 8.81. The Morgan fingerprint density at radius 3 is 2.11 bits per heavy atom. The molecule has 2 aromatic rings. The number of benzene rings is 2. The number of nitrogens with zero attached hydrogens (tertiary/aromatic N) is 1. The Morgan fingerprint density at radius 2 is 1.56 bits per heavy atom. The Bertz CT molecular complexity index is 505. The second-order valence-corrected chi connectivity index (χ2v) is 4.12. The number of aliphatic hydroxyl groups excluding tert-OH is 1. The number of hydrogen-bond donors (Lipinski definition) is 1. The quantitative estimate of drug-likeness (QED) is 0.813. The number of hydrogen-bond acceptors (Lipinski definition) is 2. The summed E-state index contributed by atoms with van der Waals surface area (Å²) in [6.45, 7) is 1.95. The zero-order valence-electron chi connectivity index (χ0n) is 10.5. The molecule has 2 heteroatoms. The molecule has 0 aliphatic rings. The summed E-state index contributed by atoms with van der Waals surface area (Å²) in [4.78, 5) is 4.57. The van der Waals surface area contributed by atoms with Gasteiger partial charge in [-0.1, -0.05) is 55.5 Å². The zero-order valence-corrected chi connectivity index (χ0v) is 10.5. The summed E-state index contributed by atoms with van der Waals surface area (Å²) in [5, 5.41) is 10.1. The third-order valence-electron chi connectivity index (χ3n) is 2.78. The first-order valence-corrected chi connectivity index (χ1v) is 6.18. The van der Waals surface area contributed by atoms with Crippen molar-refractivity contribution >= 4 is 11.4 Å². The van der Waals surface area contributed by atoms with Gasteiger partial charge in [-0.05, 0) is 24.1 Å². The van der Waals surface area contributed by atoms with E-state index in [1.807, 2.05) is 67.6 Å². The van der Waals surface area contributed by atoms with Crippen LogP contribution >= 0.6 is 0 Å². The normalized spacial score (nSPS) is 13.3. The highest BCUT2D eigenvalue weighted by atomic mass is 16.3. The van der Waals surface area contributed by atoms with Crippen molar-refractivity contribution in [2.24, 2.45) is 4.99 Å². The fraction of sp³-hybridized carbons (Fsp3) is 0.188. The molecule has 0 saturated carbocycles. The molecule has 2 nitrogen and oxygen atoms in total. The fourth-order valence-electron chi connectivity index (χ4n) is 1.78. The van der Waals surface area contributed by atoms with Crippen molar-refractivity contribution in [1.29, 1.82) is 0 Å². The fourth-order valence-corrected chi connectivity index (χ4v) is 1.78. The van der Waals surface area contributed by atoms with E-state index in [1.54, 1.807) is 0 Å². The van der Waals surface area contributed by atoms with Crippen LogP contribution in [0.2, 0.25) is 0 Å². The molecule has 0 heterocycles. The molecule has 0 aliphatic heterocycles. The summed E-state index contributed by atoms with van der Waals surface area (Å²) in [6.07, 6.45) is 0.119. The molecule has 2 aromatic carbocycles. The highest BCUT2D eigenvalue weighted by molar-refractivity contribution is 6.04. The Hall–Kier alpha value is -1.93. The maximum Gasteiger partial charge on any atom is 0.0963 e. The molecule has 18 heavy (non-hydrogen) atoms. The summed E-state index contributed by atoms with van der Waals surface area (Å²) in [5.74, 6) is 0. The third-order valence-corrected chi connectivity index (χ3v) is 2.78. The standard InChI is InChI=1S/C16H17NO/c1-2-15(18)16(13-9-5-3-6-10-13)17-14-11-7-4-8-12-14/h3-12,15,18H,2H2,1H3. The molecule has 0 aromatic heterocycles. The molecule has 92 valence electrons. The average Bonchev–Trinajstić information content (AvgIpc) is 2.46. The third kappa shape index (κ3) is 3.05. The van der Waals surface area contributed by atoms with Crippen LogP contribution in [0.3, 0.4) is 0 Å². The number of aliphatic hydroxyl groups is 1. The lowest BCUT2D eigenvalue weighted by atomic mass is 10.0. The van der Waals surface area contributed by atoms with Gasteiger partial charge in [0.05, 0.1) is 17.5 Å². The molecular formula is C16H17NO.